The molecular weight excluding hydrogens is 260 g/mol. The van der Waals surface area contributed by atoms with Crippen LogP contribution in [-0.2, 0) is 4.74 Å². The third-order valence-electron chi connectivity index (χ3n) is 2.72. The van der Waals surface area contributed by atoms with Crippen molar-refractivity contribution in [1.82, 2.24) is 9.88 Å². The van der Waals surface area contributed by atoms with Gasteiger partial charge in [0.2, 0.25) is 0 Å². The van der Waals surface area contributed by atoms with Gasteiger partial charge in [-0.2, -0.15) is 0 Å². The van der Waals surface area contributed by atoms with E-state index in [0.29, 0.717) is 17.1 Å². The molecule has 4 nitrogen and oxygen atoms in total. The summed E-state index contributed by atoms with van der Waals surface area (Å²) in [5.74, 6) is 5.64. The first-order valence-electron chi connectivity index (χ1n) is 6.40. The number of aromatic nitrogens is 1. The Kier molecular flexibility index (Phi) is 6.54. The Balaban J connectivity index is 2.48. The molecule has 0 aliphatic carbocycles. The van der Waals surface area contributed by atoms with Crippen molar-refractivity contribution in [2.75, 3.05) is 19.6 Å². The molecule has 0 saturated heterocycles. The minimum atomic E-state index is -0.399. The molecule has 0 aromatic carbocycles. The van der Waals surface area contributed by atoms with E-state index in [4.69, 9.17) is 4.74 Å². The predicted octanol–water partition coefficient (Wildman–Crippen LogP) is 2.34. The molecule has 0 aliphatic heterocycles. The maximum Gasteiger partial charge on any atom is 0.351 e. The molecule has 1 heterocycles. The number of ether oxygens (including phenoxy) is 1. The minimum absolute atomic E-state index is 0.343. The van der Waals surface area contributed by atoms with Gasteiger partial charge in [0.05, 0.1) is 17.7 Å². The fourth-order valence-electron chi connectivity index (χ4n) is 1.49. The van der Waals surface area contributed by atoms with Gasteiger partial charge >= 0.3 is 5.97 Å². The second-order valence-corrected chi connectivity index (χ2v) is 4.95. The Morgan fingerprint density at radius 3 is 2.74 bits per heavy atom. The zero-order chi connectivity index (χ0) is 14.3. The lowest BCUT2D eigenvalue weighted by atomic mass is 10.3. The van der Waals surface area contributed by atoms with Crippen LogP contribution in [0, 0.1) is 18.8 Å². The van der Waals surface area contributed by atoms with Crippen LogP contribution in [-0.4, -0.2) is 41.6 Å². The minimum Gasteiger partial charge on any atom is -0.445 e. The van der Waals surface area contributed by atoms with Crippen LogP contribution in [0.4, 0.5) is 0 Å². The van der Waals surface area contributed by atoms with Crippen molar-refractivity contribution in [2.24, 2.45) is 0 Å². The highest BCUT2D eigenvalue weighted by atomic mass is 32.1. The fourth-order valence-corrected chi connectivity index (χ4v) is 2.17. The second kappa shape index (κ2) is 7.93. The van der Waals surface area contributed by atoms with E-state index in [9.17, 15) is 4.79 Å². The van der Waals surface area contributed by atoms with Gasteiger partial charge in [0.1, 0.15) is 4.88 Å². The summed E-state index contributed by atoms with van der Waals surface area (Å²) in [5.41, 5.74) is 2.35. The molecule has 0 radical (unpaired) electrons. The van der Waals surface area contributed by atoms with Crippen LogP contribution >= 0.6 is 11.3 Å². The van der Waals surface area contributed by atoms with Gasteiger partial charge < -0.3 is 4.74 Å². The van der Waals surface area contributed by atoms with Crippen LogP contribution < -0.4 is 0 Å². The lowest BCUT2D eigenvalue weighted by Gasteiger charge is -2.13. The van der Waals surface area contributed by atoms with E-state index in [0.717, 1.165) is 13.1 Å². The van der Waals surface area contributed by atoms with Crippen molar-refractivity contribution in [3.63, 3.8) is 0 Å². The van der Waals surface area contributed by atoms with E-state index in [1.165, 1.54) is 11.3 Å². The maximum atomic E-state index is 11.8. The van der Waals surface area contributed by atoms with Crippen molar-refractivity contribution in [3.8, 4) is 11.8 Å². The summed E-state index contributed by atoms with van der Waals surface area (Å²) in [6, 6.07) is 0. The van der Waals surface area contributed by atoms with Crippen molar-refractivity contribution in [3.05, 3.63) is 16.1 Å². The van der Waals surface area contributed by atoms with Gasteiger partial charge in [-0.3, -0.25) is 4.90 Å². The first-order valence-corrected chi connectivity index (χ1v) is 7.28. The van der Waals surface area contributed by atoms with Gasteiger partial charge in [0.25, 0.3) is 0 Å². The van der Waals surface area contributed by atoms with Gasteiger partial charge in [-0.25, -0.2) is 9.78 Å². The number of aryl methyl sites for hydroxylation is 1. The topological polar surface area (TPSA) is 42.4 Å². The van der Waals surface area contributed by atoms with Crippen molar-refractivity contribution in [2.45, 2.75) is 33.8 Å². The van der Waals surface area contributed by atoms with E-state index in [2.05, 4.69) is 35.6 Å². The molecule has 0 spiro atoms. The van der Waals surface area contributed by atoms with Crippen LogP contribution in [0.2, 0.25) is 0 Å². The van der Waals surface area contributed by atoms with Crippen molar-refractivity contribution in [1.29, 1.82) is 0 Å². The monoisotopic (exact) mass is 280 g/mol. The molecule has 0 aliphatic rings. The number of thiazole rings is 1. The Hall–Kier alpha value is -1.38. The van der Waals surface area contributed by atoms with Gasteiger partial charge in [-0.05, 0) is 26.9 Å². The van der Waals surface area contributed by atoms with Gasteiger partial charge in [0, 0.05) is 0 Å². The van der Waals surface area contributed by atoms with E-state index < -0.39 is 6.10 Å². The summed E-state index contributed by atoms with van der Waals surface area (Å²) >= 11 is 1.29. The van der Waals surface area contributed by atoms with E-state index >= 15 is 0 Å². The Bertz CT molecular complexity index is 469. The van der Waals surface area contributed by atoms with Crippen LogP contribution in [0.25, 0.3) is 0 Å². The lowest BCUT2D eigenvalue weighted by molar-refractivity contribution is 0.0443. The van der Waals surface area contributed by atoms with Crippen LogP contribution in [0.3, 0.4) is 0 Å². The second-order valence-electron chi connectivity index (χ2n) is 4.10. The number of esters is 1. The lowest BCUT2D eigenvalue weighted by Crippen LogP contribution is -2.23. The number of nitrogens with zero attached hydrogens (tertiary/aromatic N) is 2. The summed E-state index contributed by atoms with van der Waals surface area (Å²) < 4.78 is 5.26. The first-order chi connectivity index (χ1) is 9.08. The molecule has 1 aromatic heterocycles. The Labute approximate surface area is 118 Å². The Morgan fingerprint density at radius 2 is 2.21 bits per heavy atom. The highest BCUT2D eigenvalue weighted by Crippen LogP contribution is 2.14. The van der Waals surface area contributed by atoms with Gasteiger partial charge in [-0.1, -0.05) is 25.7 Å². The number of carbonyl (C=O) groups is 1. The largest absolute Gasteiger partial charge is 0.445 e. The molecule has 0 N–H and O–H groups in total. The zero-order valence-corrected chi connectivity index (χ0v) is 12.7. The summed E-state index contributed by atoms with van der Waals surface area (Å²) in [5, 5.41) is 0. The van der Waals surface area contributed by atoms with Crippen LogP contribution in [0.15, 0.2) is 5.51 Å². The van der Waals surface area contributed by atoms with Crippen molar-refractivity contribution < 1.29 is 9.53 Å². The number of rotatable bonds is 5. The van der Waals surface area contributed by atoms with Gasteiger partial charge in [0.15, 0.2) is 6.10 Å². The molecule has 0 amide bonds. The SMILES string of the molecule is CCN(CC)CC#C[C@H](C)OC(=O)c1scnc1C. The number of carbonyl (C=O) groups excluding carboxylic acids is 1. The standard InChI is InChI=1S/C14H20N2O2S/c1-5-16(6-2)9-7-8-11(3)18-14(17)13-12(4)15-10-19-13/h10-11H,5-6,9H2,1-4H3/t11-/m0/s1. The molecule has 19 heavy (non-hydrogen) atoms. The van der Waals surface area contributed by atoms with Crippen molar-refractivity contribution >= 4 is 17.3 Å². The van der Waals surface area contributed by atoms with E-state index in [1.807, 2.05) is 0 Å². The normalized spacial score (nSPS) is 11.8. The Morgan fingerprint density at radius 1 is 1.53 bits per heavy atom. The fraction of sp³-hybridized carbons (Fsp3) is 0.571. The summed E-state index contributed by atoms with van der Waals surface area (Å²) in [4.78, 5) is 18.6. The maximum absolute atomic E-state index is 11.8. The van der Waals surface area contributed by atoms with E-state index in [-0.39, 0.29) is 5.97 Å². The van der Waals surface area contributed by atoms with Gasteiger partial charge in [-0.15, -0.1) is 11.3 Å². The number of hydrogen-bond acceptors (Lipinski definition) is 5. The highest BCUT2D eigenvalue weighted by Gasteiger charge is 2.15. The van der Waals surface area contributed by atoms with Crippen LogP contribution in [0.1, 0.15) is 36.1 Å². The third kappa shape index (κ3) is 5.01. The smallest absolute Gasteiger partial charge is 0.351 e. The predicted molar refractivity (Wildman–Crippen MR) is 77.3 cm³/mol. The summed E-state index contributed by atoms with van der Waals surface area (Å²) in [6.07, 6.45) is -0.399. The molecule has 1 rings (SSSR count). The molecule has 0 saturated carbocycles. The molecule has 104 valence electrons. The average molecular weight is 280 g/mol. The zero-order valence-electron chi connectivity index (χ0n) is 11.9. The third-order valence-corrected chi connectivity index (χ3v) is 3.63. The summed E-state index contributed by atoms with van der Waals surface area (Å²) in [7, 11) is 0. The average Bonchev–Trinajstić information content (AvgIpc) is 2.81. The number of hydrogen-bond donors (Lipinski definition) is 0. The molecule has 1 aromatic rings. The molecular formula is C14H20N2O2S. The first kappa shape index (κ1) is 15.7. The van der Waals surface area contributed by atoms with E-state index in [1.54, 1.807) is 19.4 Å². The molecule has 0 bridgehead atoms. The molecule has 1 atom stereocenters. The summed E-state index contributed by atoms with van der Waals surface area (Å²) in [6.45, 7) is 10.4. The quantitative estimate of drug-likeness (QED) is 0.613. The molecule has 0 fully saturated rings. The molecule has 0 unspecified atom stereocenters. The molecule has 5 heteroatoms. The highest BCUT2D eigenvalue weighted by molar-refractivity contribution is 7.11. The van der Waals surface area contributed by atoms with Crippen LogP contribution in [0.5, 0.6) is 0 Å².